The maximum atomic E-state index is 12.1. The van der Waals surface area contributed by atoms with Crippen LogP contribution < -0.4 is 0 Å². The van der Waals surface area contributed by atoms with Gasteiger partial charge >= 0.3 is 5.97 Å². The molecule has 0 aliphatic rings. The van der Waals surface area contributed by atoms with Crippen molar-refractivity contribution in [1.29, 1.82) is 0 Å². The molecule has 0 aliphatic carbocycles. The van der Waals surface area contributed by atoms with Crippen LogP contribution in [0.3, 0.4) is 0 Å². The lowest BCUT2D eigenvalue weighted by Gasteiger charge is -2.28. The van der Waals surface area contributed by atoms with Crippen LogP contribution in [0.5, 0.6) is 0 Å². The summed E-state index contributed by atoms with van der Waals surface area (Å²) in [4.78, 5) is 13.1. The van der Waals surface area contributed by atoms with E-state index in [0.717, 1.165) is 9.37 Å². The summed E-state index contributed by atoms with van der Waals surface area (Å²) in [5.41, 5.74) is -0.450. The van der Waals surface area contributed by atoms with E-state index in [1.165, 1.54) is 11.8 Å². The van der Waals surface area contributed by atoms with Gasteiger partial charge in [0.2, 0.25) is 0 Å². The van der Waals surface area contributed by atoms with E-state index in [2.05, 4.69) is 15.9 Å². The lowest BCUT2D eigenvalue weighted by Crippen LogP contribution is -2.36. The molecule has 0 bridgehead atoms. The lowest BCUT2D eigenvalue weighted by molar-refractivity contribution is -0.156. The molecule has 100 valence electrons. The highest BCUT2D eigenvalue weighted by Crippen LogP contribution is 2.35. The van der Waals surface area contributed by atoms with E-state index in [-0.39, 0.29) is 5.97 Å². The maximum Gasteiger partial charge on any atom is 0.322 e. The first-order chi connectivity index (χ1) is 8.10. The summed E-state index contributed by atoms with van der Waals surface area (Å²) >= 11 is 4.90. The van der Waals surface area contributed by atoms with Gasteiger partial charge in [-0.05, 0) is 58.9 Å². The number of rotatable bonds is 3. The average Bonchev–Trinajstić information content (AvgIpc) is 2.18. The van der Waals surface area contributed by atoms with Crippen molar-refractivity contribution in [2.24, 2.45) is 0 Å². The quantitative estimate of drug-likeness (QED) is 0.595. The third-order valence-electron chi connectivity index (χ3n) is 2.08. The summed E-state index contributed by atoms with van der Waals surface area (Å²) in [7, 11) is 0. The Morgan fingerprint density at radius 1 is 1.11 bits per heavy atom. The minimum absolute atomic E-state index is 0.192. The van der Waals surface area contributed by atoms with Gasteiger partial charge in [0.15, 0.2) is 0 Å². The van der Waals surface area contributed by atoms with Gasteiger partial charge in [-0.15, -0.1) is 11.8 Å². The molecule has 0 unspecified atom stereocenters. The van der Waals surface area contributed by atoms with E-state index in [9.17, 15) is 4.79 Å². The van der Waals surface area contributed by atoms with Gasteiger partial charge in [-0.25, -0.2) is 0 Å². The van der Waals surface area contributed by atoms with Crippen molar-refractivity contribution in [1.82, 2.24) is 0 Å². The minimum Gasteiger partial charge on any atom is -0.459 e. The number of thioether (sulfide) groups is 1. The Bertz CT molecular complexity index is 418. The predicted molar refractivity (Wildman–Crippen MR) is 79.9 cm³/mol. The topological polar surface area (TPSA) is 26.3 Å². The molecule has 0 aliphatic heterocycles. The van der Waals surface area contributed by atoms with Crippen LogP contribution >= 0.6 is 27.7 Å². The maximum absolute atomic E-state index is 12.1. The number of benzene rings is 1. The van der Waals surface area contributed by atoms with Crippen molar-refractivity contribution >= 4 is 33.7 Å². The number of carbonyl (C=O) groups excluding carboxylic acids is 1. The number of halogens is 1. The molecule has 0 fully saturated rings. The van der Waals surface area contributed by atoms with Crippen LogP contribution in [0.15, 0.2) is 33.6 Å². The Kier molecular flexibility index (Phi) is 4.90. The molecule has 0 spiro atoms. The number of esters is 1. The van der Waals surface area contributed by atoms with Gasteiger partial charge in [0, 0.05) is 9.37 Å². The van der Waals surface area contributed by atoms with Gasteiger partial charge in [-0.3, -0.25) is 4.79 Å². The van der Waals surface area contributed by atoms with Crippen molar-refractivity contribution in [3.63, 3.8) is 0 Å². The first-order valence-electron chi connectivity index (χ1n) is 5.78. The zero-order valence-electron chi connectivity index (χ0n) is 11.4. The van der Waals surface area contributed by atoms with Gasteiger partial charge in [0.05, 0.1) is 0 Å². The van der Waals surface area contributed by atoms with Crippen molar-refractivity contribution in [3.05, 3.63) is 28.7 Å². The zero-order chi connectivity index (χ0) is 14.0. The van der Waals surface area contributed by atoms with Crippen LogP contribution in [-0.2, 0) is 9.53 Å². The van der Waals surface area contributed by atoms with Crippen LogP contribution in [0.4, 0.5) is 0 Å². The molecule has 0 saturated carbocycles. The van der Waals surface area contributed by atoms with Crippen molar-refractivity contribution in [2.45, 2.75) is 49.9 Å². The SMILES string of the molecule is CC(C)(C)OC(=O)C(C)(C)Sc1ccc(Br)cc1. The van der Waals surface area contributed by atoms with Gasteiger partial charge in [0.1, 0.15) is 10.3 Å². The molecule has 0 N–H and O–H groups in total. The third kappa shape index (κ3) is 5.02. The molecule has 1 rings (SSSR count). The fourth-order valence-corrected chi connectivity index (χ4v) is 2.49. The predicted octanol–water partition coefficient (Wildman–Crippen LogP) is 4.66. The Labute approximate surface area is 122 Å². The van der Waals surface area contributed by atoms with Gasteiger partial charge in [-0.2, -0.15) is 0 Å². The molecule has 4 heteroatoms. The highest BCUT2D eigenvalue weighted by atomic mass is 79.9. The molecule has 0 radical (unpaired) electrons. The van der Waals surface area contributed by atoms with Crippen LogP contribution in [0.2, 0.25) is 0 Å². The molecule has 0 heterocycles. The molecule has 0 aromatic heterocycles. The third-order valence-corrected chi connectivity index (χ3v) is 3.79. The summed E-state index contributed by atoms with van der Waals surface area (Å²) in [5.74, 6) is -0.192. The summed E-state index contributed by atoms with van der Waals surface area (Å²) in [6.07, 6.45) is 0. The van der Waals surface area contributed by atoms with Crippen molar-refractivity contribution < 1.29 is 9.53 Å². The first kappa shape index (κ1) is 15.6. The largest absolute Gasteiger partial charge is 0.459 e. The standard InChI is InChI=1S/C14H19BrO2S/c1-13(2,3)17-12(16)14(4,5)18-11-8-6-10(15)7-9-11/h6-9H,1-5H3. The van der Waals surface area contributed by atoms with Gasteiger partial charge in [0.25, 0.3) is 0 Å². The normalized spacial score (nSPS) is 12.3. The second-order valence-corrected chi connectivity index (χ2v) is 8.18. The van der Waals surface area contributed by atoms with Gasteiger partial charge in [-0.1, -0.05) is 15.9 Å². The van der Waals surface area contributed by atoms with E-state index in [4.69, 9.17) is 4.74 Å². The molecule has 2 nitrogen and oxygen atoms in total. The highest BCUT2D eigenvalue weighted by Gasteiger charge is 2.33. The van der Waals surface area contributed by atoms with E-state index in [1.54, 1.807) is 0 Å². The number of hydrogen-bond donors (Lipinski definition) is 0. The molecule has 0 saturated heterocycles. The zero-order valence-corrected chi connectivity index (χ0v) is 13.8. The molecular formula is C14H19BrO2S. The fourth-order valence-electron chi connectivity index (χ4n) is 1.24. The second kappa shape index (κ2) is 5.66. The monoisotopic (exact) mass is 330 g/mol. The van der Waals surface area contributed by atoms with Crippen LogP contribution in [0.25, 0.3) is 0 Å². The molecule has 1 aromatic rings. The molecule has 0 atom stereocenters. The molecular weight excluding hydrogens is 312 g/mol. The van der Waals surface area contributed by atoms with E-state index < -0.39 is 10.3 Å². The summed E-state index contributed by atoms with van der Waals surface area (Å²) in [6.45, 7) is 9.41. The van der Waals surface area contributed by atoms with Crippen molar-refractivity contribution in [2.75, 3.05) is 0 Å². The number of ether oxygens (including phenoxy) is 1. The van der Waals surface area contributed by atoms with E-state index in [0.29, 0.717) is 0 Å². The first-order valence-corrected chi connectivity index (χ1v) is 7.39. The Hall–Kier alpha value is -0.480. The minimum atomic E-state index is -0.596. The van der Waals surface area contributed by atoms with Crippen LogP contribution in [-0.4, -0.2) is 16.3 Å². The van der Waals surface area contributed by atoms with E-state index >= 15 is 0 Å². The summed E-state index contributed by atoms with van der Waals surface area (Å²) in [5, 5.41) is 0. The summed E-state index contributed by atoms with van der Waals surface area (Å²) < 4.78 is 5.86. The Balaban J connectivity index is 2.75. The molecule has 0 amide bonds. The molecule has 18 heavy (non-hydrogen) atoms. The van der Waals surface area contributed by atoms with E-state index in [1.807, 2.05) is 58.9 Å². The highest BCUT2D eigenvalue weighted by molar-refractivity contribution is 9.10. The number of carbonyl (C=O) groups is 1. The van der Waals surface area contributed by atoms with Gasteiger partial charge < -0.3 is 4.74 Å². The van der Waals surface area contributed by atoms with Crippen LogP contribution in [0.1, 0.15) is 34.6 Å². The average molecular weight is 331 g/mol. The Morgan fingerprint density at radius 2 is 1.61 bits per heavy atom. The smallest absolute Gasteiger partial charge is 0.322 e. The lowest BCUT2D eigenvalue weighted by atomic mass is 10.1. The number of hydrogen-bond acceptors (Lipinski definition) is 3. The van der Waals surface area contributed by atoms with Crippen molar-refractivity contribution in [3.8, 4) is 0 Å². The fraction of sp³-hybridized carbons (Fsp3) is 0.500. The second-order valence-electron chi connectivity index (χ2n) is 5.57. The Morgan fingerprint density at radius 3 is 2.06 bits per heavy atom. The van der Waals surface area contributed by atoms with Crippen LogP contribution in [0, 0.1) is 0 Å². The molecule has 1 aromatic carbocycles. The summed E-state index contributed by atoms with van der Waals surface area (Å²) in [6, 6.07) is 7.91.